The summed E-state index contributed by atoms with van der Waals surface area (Å²) in [5, 5.41) is 8.03. The average molecular weight is 278 g/mol. The summed E-state index contributed by atoms with van der Waals surface area (Å²) in [7, 11) is 0. The lowest BCUT2D eigenvalue weighted by atomic mass is 10.2. The van der Waals surface area contributed by atoms with Crippen LogP contribution in [0.25, 0.3) is 0 Å². The molecule has 0 saturated heterocycles. The zero-order valence-corrected chi connectivity index (χ0v) is 11.3. The Bertz CT molecular complexity index is 691. The highest BCUT2D eigenvalue weighted by Gasteiger charge is 1.96. The van der Waals surface area contributed by atoms with E-state index < -0.39 is 0 Å². The zero-order valence-electron chi connectivity index (χ0n) is 11.3. The fourth-order valence-corrected chi connectivity index (χ4v) is 1.78. The van der Waals surface area contributed by atoms with Crippen molar-refractivity contribution in [1.29, 1.82) is 0 Å². The summed E-state index contributed by atoms with van der Waals surface area (Å²) in [6.45, 7) is 0.563. The topological polar surface area (TPSA) is 52.3 Å². The number of ether oxygens (including phenoxy) is 1. The molecular weight excluding hydrogens is 264 g/mol. The number of rotatable bonds is 5. The Hall–Kier alpha value is -2.95. The van der Waals surface area contributed by atoms with E-state index in [1.54, 1.807) is 6.21 Å². The van der Waals surface area contributed by atoms with Gasteiger partial charge in [-0.2, -0.15) is 5.10 Å². The molecule has 5 heteroatoms. The smallest absolute Gasteiger partial charge is 0.139 e. The Balaban J connectivity index is 1.59. The fraction of sp³-hybridized carbons (Fsp3) is 0.0625. The Morgan fingerprint density at radius 2 is 1.86 bits per heavy atom. The van der Waals surface area contributed by atoms with Gasteiger partial charge in [-0.05, 0) is 35.4 Å². The summed E-state index contributed by atoms with van der Waals surface area (Å²) in [6.07, 6.45) is 4.70. The molecule has 0 radical (unpaired) electrons. The molecule has 0 amide bonds. The van der Waals surface area contributed by atoms with Gasteiger partial charge < -0.3 is 4.74 Å². The highest BCUT2D eigenvalue weighted by molar-refractivity contribution is 5.79. The van der Waals surface area contributed by atoms with Crippen molar-refractivity contribution in [2.24, 2.45) is 5.10 Å². The van der Waals surface area contributed by atoms with Crippen molar-refractivity contribution in [3.8, 4) is 5.75 Å². The molecule has 21 heavy (non-hydrogen) atoms. The van der Waals surface area contributed by atoms with Crippen LogP contribution in [0, 0.1) is 0 Å². The van der Waals surface area contributed by atoms with E-state index in [2.05, 4.69) is 15.2 Å². The maximum absolute atomic E-state index is 5.73. The van der Waals surface area contributed by atoms with Gasteiger partial charge in [0.15, 0.2) is 0 Å². The maximum Gasteiger partial charge on any atom is 0.139 e. The minimum absolute atomic E-state index is 0.563. The summed E-state index contributed by atoms with van der Waals surface area (Å²) in [5.74, 6) is 0.830. The van der Waals surface area contributed by atoms with Crippen LogP contribution in [0.2, 0.25) is 0 Å². The third-order valence-corrected chi connectivity index (χ3v) is 2.86. The van der Waals surface area contributed by atoms with Crippen LogP contribution in [0.5, 0.6) is 5.75 Å². The van der Waals surface area contributed by atoms with Crippen molar-refractivity contribution in [3.05, 3.63) is 78.4 Å². The van der Waals surface area contributed by atoms with Crippen LogP contribution in [-0.2, 0) is 6.61 Å². The molecule has 0 bridgehead atoms. The first-order valence-corrected chi connectivity index (χ1v) is 6.56. The summed E-state index contributed by atoms with van der Waals surface area (Å²) in [5.41, 5.74) is 2.12. The van der Waals surface area contributed by atoms with E-state index in [1.807, 2.05) is 54.6 Å². The summed E-state index contributed by atoms with van der Waals surface area (Å²) in [4.78, 5) is 5.22. The van der Waals surface area contributed by atoms with Gasteiger partial charge >= 0.3 is 0 Å². The fourth-order valence-electron chi connectivity index (χ4n) is 1.78. The summed E-state index contributed by atoms with van der Waals surface area (Å²) < 4.78 is 5.73. The van der Waals surface area contributed by atoms with E-state index >= 15 is 0 Å². The van der Waals surface area contributed by atoms with Gasteiger partial charge in [0.05, 0.1) is 6.21 Å². The molecular formula is C16H14N4O. The summed E-state index contributed by atoms with van der Waals surface area (Å²) >= 11 is 0. The van der Waals surface area contributed by atoms with E-state index in [9.17, 15) is 0 Å². The van der Waals surface area contributed by atoms with Gasteiger partial charge in [-0.1, -0.05) is 30.3 Å². The van der Waals surface area contributed by atoms with Gasteiger partial charge in [0.25, 0.3) is 0 Å². The monoisotopic (exact) mass is 278 g/mol. The molecule has 1 heterocycles. The molecule has 5 nitrogen and oxygen atoms in total. The van der Waals surface area contributed by atoms with E-state index in [0.29, 0.717) is 6.61 Å². The van der Waals surface area contributed by atoms with Gasteiger partial charge in [0.1, 0.15) is 25.0 Å². The van der Waals surface area contributed by atoms with Crippen LogP contribution in [-0.4, -0.2) is 21.1 Å². The largest absolute Gasteiger partial charge is 0.489 e. The van der Waals surface area contributed by atoms with Crippen molar-refractivity contribution < 1.29 is 4.74 Å². The highest BCUT2D eigenvalue weighted by Crippen LogP contribution is 2.13. The molecule has 0 aliphatic heterocycles. The predicted octanol–water partition coefficient (Wildman–Crippen LogP) is 2.74. The van der Waals surface area contributed by atoms with Crippen molar-refractivity contribution >= 4 is 6.21 Å². The SMILES string of the molecule is C(=N/n1cncn1)/c1ccc(OCc2ccccc2)cc1. The molecule has 0 saturated carbocycles. The molecule has 1 aromatic heterocycles. The molecule has 104 valence electrons. The third-order valence-electron chi connectivity index (χ3n) is 2.86. The van der Waals surface area contributed by atoms with Crippen molar-refractivity contribution in [1.82, 2.24) is 14.9 Å². The van der Waals surface area contributed by atoms with E-state index in [4.69, 9.17) is 4.74 Å². The van der Waals surface area contributed by atoms with Crippen LogP contribution >= 0.6 is 0 Å². The minimum Gasteiger partial charge on any atom is -0.489 e. The van der Waals surface area contributed by atoms with Crippen LogP contribution in [0.15, 0.2) is 72.4 Å². The van der Waals surface area contributed by atoms with Gasteiger partial charge in [-0.3, -0.25) is 0 Å². The van der Waals surface area contributed by atoms with Gasteiger partial charge in [-0.15, -0.1) is 9.89 Å². The first-order chi connectivity index (χ1) is 10.4. The van der Waals surface area contributed by atoms with Crippen molar-refractivity contribution in [3.63, 3.8) is 0 Å². The van der Waals surface area contributed by atoms with Crippen LogP contribution in [0.3, 0.4) is 0 Å². The highest BCUT2D eigenvalue weighted by atomic mass is 16.5. The van der Waals surface area contributed by atoms with Crippen LogP contribution < -0.4 is 4.74 Å². The second-order valence-corrected chi connectivity index (χ2v) is 4.40. The molecule has 0 aliphatic rings. The average Bonchev–Trinajstić information content (AvgIpc) is 3.06. The zero-order chi connectivity index (χ0) is 14.3. The molecule has 0 atom stereocenters. The van der Waals surface area contributed by atoms with E-state index in [0.717, 1.165) is 16.9 Å². The van der Waals surface area contributed by atoms with Crippen LogP contribution in [0.4, 0.5) is 0 Å². The van der Waals surface area contributed by atoms with Gasteiger partial charge in [0.2, 0.25) is 0 Å². The van der Waals surface area contributed by atoms with E-state index in [1.165, 1.54) is 17.4 Å². The molecule has 2 aromatic carbocycles. The number of nitrogens with zero attached hydrogens (tertiary/aromatic N) is 4. The Morgan fingerprint density at radius 1 is 1.05 bits per heavy atom. The van der Waals surface area contributed by atoms with Gasteiger partial charge in [0, 0.05) is 0 Å². The predicted molar refractivity (Wildman–Crippen MR) is 80.2 cm³/mol. The molecule has 0 unspecified atom stereocenters. The normalized spacial score (nSPS) is 10.9. The molecule has 0 spiro atoms. The quantitative estimate of drug-likeness (QED) is 0.674. The van der Waals surface area contributed by atoms with Crippen molar-refractivity contribution in [2.45, 2.75) is 6.61 Å². The maximum atomic E-state index is 5.73. The second kappa shape index (κ2) is 6.47. The lowest BCUT2D eigenvalue weighted by Gasteiger charge is -2.06. The molecule has 0 aliphatic carbocycles. The lowest BCUT2D eigenvalue weighted by Crippen LogP contribution is -1.95. The summed E-state index contributed by atoms with van der Waals surface area (Å²) in [6, 6.07) is 17.8. The number of hydrogen-bond acceptors (Lipinski definition) is 4. The molecule has 0 fully saturated rings. The number of hydrogen-bond donors (Lipinski definition) is 0. The first-order valence-electron chi connectivity index (χ1n) is 6.56. The number of aromatic nitrogens is 3. The first kappa shape index (κ1) is 13.1. The Labute approximate surface area is 122 Å². The Kier molecular flexibility index (Phi) is 4.02. The second-order valence-electron chi connectivity index (χ2n) is 4.40. The van der Waals surface area contributed by atoms with Gasteiger partial charge in [-0.25, -0.2) is 4.98 Å². The van der Waals surface area contributed by atoms with Crippen molar-refractivity contribution in [2.75, 3.05) is 0 Å². The Morgan fingerprint density at radius 3 is 2.57 bits per heavy atom. The van der Waals surface area contributed by atoms with Crippen LogP contribution in [0.1, 0.15) is 11.1 Å². The minimum atomic E-state index is 0.563. The molecule has 0 N–H and O–H groups in total. The molecule has 3 aromatic rings. The lowest BCUT2D eigenvalue weighted by molar-refractivity contribution is 0.306. The molecule has 3 rings (SSSR count). The third kappa shape index (κ3) is 3.76. The number of benzene rings is 2. The van der Waals surface area contributed by atoms with E-state index in [-0.39, 0.29) is 0 Å². The standard InChI is InChI=1S/C16H14N4O/c1-2-4-15(5-3-1)11-21-16-8-6-14(7-9-16)10-18-20-13-17-12-19-20/h1-10,12-13H,11H2/b18-10-.